The lowest BCUT2D eigenvalue weighted by Gasteiger charge is -2.35. The zero-order valence-electron chi connectivity index (χ0n) is 20.6. The lowest BCUT2D eigenvalue weighted by atomic mass is 9.99. The zero-order valence-corrected chi connectivity index (χ0v) is 20.6. The summed E-state index contributed by atoms with van der Waals surface area (Å²) in [6, 6.07) is 21.6. The van der Waals surface area contributed by atoms with Gasteiger partial charge in [0, 0.05) is 32.7 Å². The number of carbonyl (C=O) groups excluding carboxylic acids is 1. The molecule has 1 saturated heterocycles. The molecule has 3 aromatic carbocycles. The second kappa shape index (κ2) is 12.1. The van der Waals surface area contributed by atoms with E-state index in [1.54, 1.807) is 30.2 Å². The predicted molar refractivity (Wildman–Crippen MR) is 136 cm³/mol. The number of hydrogen-bond acceptors (Lipinski definition) is 4. The van der Waals surface area contributed by atoms with Crippen molar-refractivity contribution in [1.29, 1.82) is 0 Å². The van der Waals surface area contributed by atoms with Crippen molar-refractivity contribution in [2.45, 2.75) is 12.3 Å². The van der Waals surface area contributed by atoms with Crippen LogP contribution in [0.1, 0.15) is 22.8 Å². The Bertz CT molecular complexity index is 1170. The number of hydrogen-bond donors (Lipinski definition) is 1. The van der Waals surface area contributed by atoms with E-state index in [-0.39, 0.29) is 6.03 Å². The van der Waals surface area contributed by atoms with Crippen LogP contribution in [-0.4, -0.2) is 62.3 Å². The molecule has 1 aliphatic heterocycles. The topological polar surface area (TPSA) is 54.0 Å². The number of carbonyl (C=O) groups is 1. The average molecular weight is 514 g/mol. The Morgan fingerprint density at radius 2 is 1.59 bits per heavy atom. The first kappa shape index (κ1) is 26.5. The third-order valence-electron chi connectivity index (χ3n) is 6.32. The monoisotopic (exact) mass is 513 g/mol. The number of nitrogens with one attached hydrogen (secondary N) is 1. The van der Waals surface area contributed by atoms with Gasteiger partial charge in [0.25, 0.3) is 0 Å². The molecule has 1 heterocycles. The second-order valence-corrected chi connectivity index (χ2v) is 8.74. The van der Waals surface area contributed by atoms with E-state index in [9.17, 15) is 18.0 Å². The van der Waals surface area contributed by atoms with Crippen molar-refractivity contribution in [1.82, 2.24) is 9.80 Å². The quantitative estimate of drug-likeness (QED) is 0.422. The number of anilines is 1. The van der Waals surface area contributed by atoms with Crippen LogP contribution in [0.25, 0.3) is 0 Å². The van der Waals surface area contributed by atoms with Crippen LogP contribution in [0.2, 0.25) is 0 Å². The summed E-state index contributed by atoms with van der Waals surface area (Å²) < 4.78 is 51.3. The number of urea groups is 1. The first-order chi connectivity index (χ1) is 17.8. The number of methoxy groups -OCH3 is 1. The highest BCUT2D eigenvalue weighted by molar-refractivity contribution is 5.91. The molecule has 196 valence electrons. The van der Waals surface area contributed by atoms with Crippen molar-refractivity contribution < 1.29 is 27.4 Å². The molecule has 0 aromatic heterocycles. The van der Waals surface area contributed by atoms with Gasteiger partial charge in [-0.05, 0) is 35.4 Å². The highest BCUT2D eigenvalue weighted by atomic mass is 19.4. The fraction of sp³-hybridized carbons (Fsp3) is 0.321. The van der Waals surface area contributed by atoms with E-state index in [0.717, 1.165) is 17.7 Å². The Labute approximate surface area is 214 Å². The molecule has 6 nitrogen and oxygen atoms in total. The third-order valence-corrected chi connectivity index (χ3v) is 6.32. The minimum Gasteiger partial charge on any atom is -0.495 e. The van der Waals surface area contributed by atoms with Crippen LogP contribution in [0, 0.1) is 0 Å². The minimum atomic E-state index is -4.42. The van der Waals surface area contributed by atoms with Gasteiger partial charge in [0.1, 0.15) is 11.9 Å². The largest absolute Gasteiger partial charge is 0.495 e. The Morgan fingerprint density at radius 3 is 2.30 bits per heavy atom. The Kier molecular flexibility index (Phi) is 8.68. The van der Waals surface area contributed by atoms with E-state index in [1.165, 1.54) is 6.07 Å². The molecular weight excluding hydrogens is 483 g/mol. The molecule has 4 rings (SSSR count). The summed E-state index contributed by atoms with van der Waals surface area (Å²) in [5.74, 6) is 0.598. The van der Waals surface area contributed by atoms with Crippen LogP contribution < -0.4 is 10.1 Å². The molecule has 1 atom stereocenters. The summed E-state index contributed by atoms with van der Waals surface area (Å²) >= 11 is 0. The van der Waals surface area contributed by atoms with Gasteiger partial charge in [-0.3, -0.25) is 4.90 Å². The number of amides is 2. The number of halogens is 3. The summed E-state index contributed by atoms with van der Waals surface area (Å²) in [5.41, 5.74) is 1.17. The number of benzene rings is 3. The molecule has 0 aliphatic carbocycles. The van der Waals surface area contributed by atoms with Crippen molar-refractivity contribution in [3.63, 3.8) is 0 Å². The van der Waals surface area contributed by atoms with Gasteiger partial charge in [-0.1, -0.05) is 54.6 Å². The number of ether oxygens (including phenoxy) is 2. The van der Waals surface area contributed by atoms with Crippen molar-refractivity contribution in [3.05, 3.63) is 95.6 Å². The molecule has 37 heavy (non-hydrogen) atoms. The van der Waals surface area contributed by atoms with E-state index < -0.39 is 17.8 Å². The maximum Gasteiger partial charge on any atom is 0.416 e. The fourth-order valence-electron chi connectivity index (χ4n) is 4.31. The average Bonchev–Trinajstić information content (AvgIpc) is 2.92. The number of alkyl halides is 3. The highest BCUT2D eigenvalue weighted by Crippen LogP contribution is 2.33. The summed E-state index contributed by atoms with van der Waals surface area (Å²) in [6.07, 6.45) is -5.04. The standard InChI is InChI=1S/C28H30F3N3O3/c1-36-25-13-6-5-12-24(25)32-27(35)34-16-14-33(15-17-34)18-19-37-26(21-8-3-2-4-9-21)22-10-7-11-23(20-22)28(29,30)31/h2-13,20,26H,14-19H2,1H3,(H,32,35). The van der Waals surface area contributed by atoms with E-state index in [1.807, 2.05) is 42.5 Å². The van der Waals surface area contributed by atoms with Crippen LogP contribution in [0.5, 0.6) is 5.75 Å². The van der Waals surface area contributed by atoms with Gasteiger partial charge in [-0.25, -0.2) is 4.79 Å². The second-order valence-electron chi connectivity index (χ2n) is 8.74. The van der Waals surface area contributed by atoms with Crippen molar-refractivity contribution in [2.75, 3.05) is 51.8 Å². The summed E-state index contributed by atoms with van der Waals surface area (Å²) in [4.78, 5) is 16.6. The number of para-hydroxylation sites is 2. The van der Waals surface area contributed by atoms with Gasteiger partial charge >= 0.3 is 12.2 Å². The van der Waals surface area contributed by atoms with Crippen molar-refractivity contribution >= 4 is 11.7 Å². The van der Waals surface area contributed by atoms with Crippen molar-refractivity contribution in [2.24, 2.45) is 0 Å². The van der Waals surface area contributed by atoms with E-state index >= 15 is 0 Å². The number of rotatable bonds is 8. The molecule has 1 fully saturated rings. The van der Waals surface area contributed by atoms with Crippen LogP contribution >= 0.6 is 0 Å². The van der Waals surface area contributed by atoms with E-state index in [2.05, 4.69) is 10.2 Å². The normalized spacial score (nSPS) is 15.3. The first-order valence-electron chi connectivity index (χ1n) is 12.1. The zero-order chi connectivity index (χ0) is 26.3. The van der Waals surface area contributed by atoms with Gasteiger partial charge in [0.2, 0.25) is 0 Å². The lowest BCUT2D eigenvalue weighted by molar-refractivity contribution is -0.137. The molecular formula is C28H30F3N3O3. The number of nitrogens with zero attached hydrogens (tertiary/aromatic N) is 2. The first-order valence-corrected chi connectivity index (χ1v) is 12.1. The van der Waals surface area contributed by atoms with Gasteiger partial charge < -0.3 is 19.7 Å². The minimum absolute atomic E-state index is 0.186. The highest BCUT2D eigenvalue weighted by Gasteiger charge is 2.31. The molecule has 1 aliphatic rings. The van der Waals surface area contributed by atoms with Crippen LogP contribution in [0.15, 0.2) is 78.9 Å². The Morgan fingerprint density at radius 1 is 0.919 bits per heavy atom. The van der Waals surface area contributed by atoms with E-state index in [4.69, 9.17) is 9.47 Å². The maximum absolute atomic E-state index is 13.3. The predicted octanol–water partition coefficient (Wildman–Crippen LogP) is 5.67. The Hall–Kier alpha value is -3.56. The number of piperazine rings is 1. The van der Waals surface area contributed by atoms with Gasteiger partial charge in [-0.2, -0.15) is 13.2 Å². The lowest BCUT2D eigenvalue weighted by Crippen LogP contribution is -2.50. The molecule has 1 N–H and O–H groups in total. The fourth-order valence-corrected chi connectivity index (χ4v) is 4.31. The molecule has 0 spiro atoms. The third kappa shape index (κ3) is 7.02. The molecule has 0 saturated carbocycles. The molecule has 0 bridgehead atoms. The van der Waals surface area contributed by atoms with Crippen LogP contribution in [0.3, 0.4) is 0 Å². The molecule has 0 radical (unpaired) electrons. The Balaban J connectivity index is 1.32. The molecule has 9 heteroatoms. The SMILES string of the molecule is COc1ccccc1NC(=O)N1CCN(CCOC(c2ccccc2)c2cccc(C(F)(F)F)c2)CC1. The summed E-state index contributed by atoms with van der Waals surface area (Å²) in [5, 5.41) is 2.89. The van der Waals surface area contributed by atoms with Gasteiger partial charge in [0.15, 0.2) is 0 Å². The molecule has 2 amide bonds. The maximum atomic E-state index is 13.3. The summed E-state index contributed by atoms with van der Waals surface area (Å²) in [6.45, 7) is 3.38. The molecule has 1 unspecified atom stereocenters. The van der Waals surface area contributed by atoms with E-state index in [0.29, 0.717) is 56.3 Å². The summed E-state index contributed by atoms with van der Waals surface area (Å²) in [7, 11) is 1.56. The smallest absolute Gasteiger partial charge is 0.416 e. The molecule has 3 aromatic rings. The van der Waals surface area contributed by atoms with Gasteiger partial charge in [0.05, 0.1) is 25.0 Å². The van der Waals surface area contributed by atoms with Crippen LogP contribution in [-0.2, 0) is 10.9 Å². The van der Waals surface area contributed by atoms with Gasteiger partial charge in [-0.15, -0.1) is 0 Å². The van der Waals surface area contributed by atoms with Crippen molar-refractivity contribution in [3.8, 4) is 5.75 Å². The van der Waals surface area contributed by atoms with Crippen LogP contribution in [0.4, 0.5) is 23.7 Å².